The van der Waals surface area contributed by atoms with E-state index in [9.17, 15) is 4.79 Å². The Hall–Kier alpha value is -0.610. The first-order chi connectivity index (χ1) is 8.31. The number of nitrogens with zero attached hydrogens (tertiary/aromatic N) is 2. The van der Waals surface area contributed by atoms with Gasteiger partial charge in [-0.25, -0.2) is 0 Å². The maximum absolute atomic E-state index is 11.9. The van der Waals surface area contributed by atoms with E-state index in [0.29, 0.717) is 18.4 Å². The van der Waals surface area contributed by atoms with Crippen LogP contribution in [-0.4, -0.2) is 61.5 Å². The highest BCUT2D eigenvalue weighted by atomic mass is 16.2. The number of piperidine rings is 1. The maximum Gasteiger partial charge on any atom is 0.223 e. The predicted octanol–water partition coefficient (Wildman–Crippen LogP) is 0.683. The van der Waals surface area contributed by atoms with Crippen molar-refractivity contribution >= 4 is 5.91 Å². The lowest BCUT2D eigenvalue weighted by Gasteiger charge is -2.32. The molecule has 2 heterocycles. The molecule has 0 radical (unpaired) electrons. The zero-order valence-corrected chi connectivity index (χ0v) is 11.0. The maximum atomic E-state index is 11.9. The van der Waals surface area contributed by atoms with Gasteiger partial charge in [0.2, 0.25) is 5.91 Å². The minimum atomic E-state index is 0.318. The first kappa shape index (κ1) is 12.8. The van der Waals surface area contributed by atoms with E-state index in [-0.39, 0.29) is 0 Å². The van der Waals surface area contributed by atoms with Gasteiger partial charge in [0.05, 0.1) is 0 Å². The highest BCUT2D eigenvalue weighted by molar-refractivity contribution is 5.76. The van der Waals surface area contributed by atoms with Gasteiger partial charge in [-0.1, -0.05) is 6.42 Å². The molecule has 0 aromatic rings. The third-order valence-electron chi connectivity index (χ3n) is 4.01. The highest BCUT2D eigenvalue weighted by Gasteiger charge is 2.30. The summed E-state index contributed by atoms with van der Waals surface area (Å²) in [6.45, 7) is 5.20. The second-order valence-electron chi connectivity index (χ2n) is 5.23. The fraction of sp³-hybridized carbons (Fsp3) is 0.923. The molecule has 4 heteroatoms. The summed E-state index contributed by atoms with van der Waals surface area (Å²) in [5.74, 6) is 0.318. The number of likely N-dealkylation sites (tertiary alicyclic amines) is 2. The van der Waals surface area contributed by atoms with Crippen LogP contribution < -0.4 is 5.32 Å². The summed E-state index contributed by atoms with van der Waals surface area (Å²) in [6, 6.07) is 0.633. The quantitative estimate of drug-likeness (QED) is 0.784. The molecule has 2 fully saturated rings. The minimum absolute atomic E-state index is 0.318. The van der Waals surface area contributed by atoms with Crippen LogP contribution in [0.5, 0.6) is 0 Å². The molecule has 98 valence electrons. The topological polar surface area (TPSA) is 35.6 Å². The summed E-state index contributed by atoms with van der Waals surface area (Å²) < 4.78 is 0. The summed E-state index contributed by atoms with van der Waals surface area (Å²) in [7, 11) is 1.90. The SMILES string of the molecule is CNCCC(=O)N1CCC(N2CCCCC2)C1. The van der Waals surface area contributed by atoms with E-state index < -0.39 is 0 Å². The Morgan fingerprint density at radius 1 is 1.24 bits per heavy atom. The lowest BCUT2D eigenvalue weighted by molar-refractivity contribution is -0.130. The smallest absolute Gasteiger partial charge is 0.223 e. The number of carbonyl (C=O) groups excluding carboxylic acids is 1. The molecule has 0 spiro atoms. The van der Waals surface area contributed by atoms with Crippen LogP contribution in [0, 0.1) is 0 Å². The highest BCUT2D eigenvalue weighted by Crippen LogP contribution is 2.20. The Morgan fingerprint density at radius 2 is 2.00 bits per heavy atom. The van der Waals surface area contributed by atoms with Crippen LogP contribution in [0.1, 0.15) is 32.1 Å². The van der Waals surface area contributed by atoms with Gasteiger partial charge in [0.1, 0.15) is 0 Å². The van der Waals surface area contributed by atoms with Crippen molar-refractivity contribution in [3.63, 3.8) is 0 Å². The van der Waals surface area contributed by atoms with Crippen molar-refractivity contribution in [3.05, 3.63) is 0 Å². The standard InChI is InChI=1S/C13H25N3O/c1-14-7-5-13(17)16-10-6-12(11-16)15-8-3-2-4-9-15/h12,14H,2-11H2,1H3. The van der Waals surface area contributed by atoms with Gasteiger partial charge in [0, 0.05) is 32.1 Å². The molecule has 0 aliphatic carbocycles. The molecule has 0 aromatic heterocycles. The van der Waals surface area contributed by atoms with Crippen molar-refractivity contribution in [2.24, 2.45) is 0 Å². The van der Waals surface area contributed by atoms with E-state index in [1.807, 2.05) is 7.05 Å². The van der Waals surface area contributed by atoms with Gasteiger partial charge in [-0.2, -0.15) is 0 Å². The number of nitrogens with one attached hydrogen (secondary N) is 1. The van der Waals surface area contributed by atoms with Gasteiger partial charge in [0.25, 0.3) is 0 Å². The number of hydrogen-bond donors (Lipinski definition) is 1. The second-order valence-corrected chi connectivity index (χ2v) is 5.23. The van der Waals surface area contributed by atoms with Crippen molar-refractivity contribution in [1.82, 2.24) is 15.1 Å². The summed E-state index contributed by atoms with van der Waals surface area (Å²) in [4.78, 5) is 16.5. The molecular weight excluding hydrogens is 214 g/mol. The molecule has 2 aliphatic heterocycles. The van der Waals surface area contributed by atoms with Crippen molar-refractivity contribution < 1.29 is 4.79 Å². The second kappa shape index (κ2) is 6.36. The molecule has 17 heavy (non-hydrogen) atoms. The zero-order valence-electron chi connectivity index (χ0n) is 11.0. The Balaban J connectivity index is 1.76. The molecular formula is C13H25N3O. The van der Waals surface area contributed by atoms with Gasteiger partial charge in [-0.05, 0) is 39.4 Å². The van der Waals surface area contributed by atoms with Crippen molar-refractivity contribution in [1.29, 1.82) is 0 Å². The lowest BCUT2D eigenvalue weighted by Crippen LogP contribution is -2.41. The average Bonchev–Trinajstić information content (AvgIpc) is 2.86. The summed E-state index contributed by atoms with van der Waals surface area (Å²) in [5.41, 5.74) is 0. The summed E-state index contributed by atoms with van der Waals surface area (Å²) in [6.07, 6.45) is 5.87. The molecule has 2 rings (SSSR count). The molecule has 1 amide bonds. The first-order valence-electron chi connectivity index (χ1n) is 6.97. The number of amides is 1. The van der Waals surface area contributed by atoms with Crippen LogP contribution in [0.25, 0.3) is 0 Å². The van der Waals surface area contributed by atoms with E-state index in [0.717, 1.165) is 19.6 Å². The van der Waals surface area contributed by atoms with E-state index in [1.165, 1.54) is 38.8 Å². The molecule has 1 unspecified atom stereocenters. The van der Waals surface area contributed by atoms with E-state index in [1.54, 1.807) is 0 Å². The predicted molar refractivity (Wildman–Crippen MR) is 69.0 cm³/mol. The third kappa shape index (κ3) is 3.42. The normalized spacial score (nSPS) is 26.4. The van der Waals surface area contributed by atoms with Crippen LogP contribution in [0.15, 0.2) is 0 Å². The molecule has 0 aromatic carbocycles. The monoisotopic (exact) mass is 239 g/mol. The van der Waals surface area contributed by atoms with Crippen LogP contribution in [0.3, 0.4) is 0 Å². The Bertz CT molecular complexity index is 251. The first-order valence-corrected chi connectivity index (χ1v) is 6.97. The van der Waals surface area contributed by atoms with Crippen LogP contribution in [-0.2, 0) is 4.79 Å². The number of hydrogen-bond acceptors (Lipinski definition) is 3. The zero-order chi connectivity index (χ0) is 12.1. The van der Waals surface area contributed by atoms with Crippen LogP contribution in [0.4, 0.5) is 0 Å². The van der Waals surface area contributed by atoms with Gasteiger partial charge in [-0.3, -0.25) is 9.69 Å². The van der Waals surface area contributed by atoms with Gasteiger partial charge in [0.15, 0.2) is 0 Å². The van der Waals surface area contributed by atoms with E-state index >= 15 is 0 Å². The molecule has 4 nitrogen and oxygen atoms in total. The Morgan fingerprint density at radius 3 is 2.71 bits per heavy atom. The van der Waals surface area contributed by atoms with E-state index in [2.05, 4.69) is 15.1 Å². The summed E-state index contributed by atoms with van der Waals surface area (Å²) in [5, 5.41) is 3.04. The van der Waals surface area contributed by atoms with Gasteiger partial charge < -0.3 is 10.2 Å². The summed E-state index contributed by atoms with van der Waals surface area (Å²) >= 11 is 0. The lowest BCUT2D eigenvalue weighted by atomic mass is 10.1. The molecule has 0 saturated carbocycles. The van der Waals surface area contributed by atoms with Crippen molar-refractivity contribution in [3.8, 4) is 0 Å². The molecule has 2 aliphatic rings. The Kier molecular flexibility index (Phi) is 4.80. The van der Waals surface area contributed by atoms with Crippen molar-refractivity contribution in [2.75, 3.05) is 39.8 Å². The van der Waals surface area contributed by atoms with Crippen LogP contribution >= 0.6 is 0 Å². The van der Waals surface area contributed by atoms with Gasteiger partial charge >= 0.3 is 0 Å². The van der Waals surface area contributed by atoms with E-state index in [4.69, 9.17) is 0 Å². The molecule has 2 saturated heterocycles. The average molecular weight is 239 g/mol. The molecule has 0 bridgehead atoms. The molecule has 1 atom stereocenters. The molecule has 1 N–H and O–H groups in total. The Labute approximate surface area is 104 Å². The van der Waals surface area contributed by atoms with Crippen LogP contribution in [0.2, 0.25) is 0 Å². The fourth-order valence-electron chi connectivity index (χ4n) is 2.94. The van der Waals surface area contributed by atoms with Crippen molar-refractivity contribution in [2.45, 2.75) is 38.1 Å². The fourth-order valence-corrected chi connectivity index (χ4v) is 2.94. The third-order valence-corrected chi connectivity index (χ3v) is 4.01. The minimum Gasteiger partial charge on any atom is -0.341 e. The number of carbonyl (C=O) groups is 1. The largest absolute Gasteiger partial charge is 0.341 e. The number of rotatable bonds is 4. The van der Waals surface area contributed by atoms with Gasteiger partial charge in [-0.15, -0.1) is 0 Å².